The fourth-order valence-corrected chi connectivity index (χ4v) is 6.19. The van der Waals surface area contributed by atoms with Crippen LogP contribution in [-0.2, 0) is 9.47 Å². The van der Waals surface area contributed by atoms with Crippen LogP contribution in [0.1, 0.15) is 36.8 Å². The van der Waals surface area contributed by atoms with Crippen LogP contribution in [0, 0.1) is 10.1 Å². The molecule has 9 heteroatoms. The molecule has 2 aromatic rings. The third kappa shape index (κ3) is 7.01. The summed E-state index contributed by atoms with van der Waals surface area (Å²) in [4.78, 5) is 15.5. The van der Waals surface area contributed by atoms with Gasteiger partial charge in [-0.15, -0.1) is 0 Å². The molecule has 2 fully saturated rings. The van der Waals surface area contributed by atoms with Crippen molar-refractivity contribution < 1.29 is 14.4 Å². The summed E-state index contributed by atoms with van der Waals surface area (Å²) in [6.45, 7) is 6.24. The van der Waals surface area contributed by atoms with Crippen LogP contribution >= 0.6 is 0 Å². The van der Waals surface area contributed by atoms with Gasteiger partial charge in [-0.3, -0.25) is 10.1 Å². The van der Waals surface area contributed by atoms with E-state index in [1.54, 1.807) is 24.3 Å². The number of non-ortho nitro benzene ring substituents is 1. The second-order valence-corrected chi connectivity index (χ2v) is 11.0. The molecule has 222 valence electrons. The average molecular weight is 580 g/mol. The van der Waals surface area contributed by atoms with E-state index in [9.17, 15) is 10.1 Å². The molecule has 2 aliphatic carbocycles. The Balaban J connectivity index is 1.26. The molecule has 0 radical (unpaired) electrons. The van der Waals surface area contributed by atoms with Crippen LogP contribution < -0.4 is 0 Å². The Morgan fingerprint density at radius 3 is 1.58 bits per heavy atom. The first kappa shape index (κ1) is 28.8. The highest BCUT2D eigenvalue weighted by Gasteiger charge is 2.27. The number of morpholine rings is 2. The number of hydrogen-bond donors (Lipinski definition) is 0. The van der Waals surface area contributed by atoms with E-state index in [-0.39, 0.29) is 10.6 Å². The van der Waals surface area contributed by atoms with Crippen molar-refractivity contribution in [1.29, 1.82) is 0 Å². The first-order valence-electron chi connectivity index (χ1n) is 15.1. The maximum Gasteiger partial charge on any atom is 0.269 e. The van der Waals surface area contributed by atoms with Crippen molar-refractivity contribution in [3.63, 3.8) is 0 Å². The minimum atomic E-state index is -0.369. The summed E-state index contributed by atoms with van der Waals surface area (Å²) >= 11 is 0. The van der Waals surface area contributed by atoms with E-state index in [0.29, 0.717) is 13.2 Å². The Kier molecular flexibility index (Phi) is 9.20. The van der Waals surface area contributed by atoms with Crippen molar-refractivity contribution in [3.8, 4) is 0 Å². The van der Waals surface area contributed by atoms with Gasteiger partial charge < -0.3 is 19.3 Å². The molecule has 0 spiro atoms. The summed E-state index contributed by atoms with van der Waals surface area (Å²) in [5.41, 5.74) is 9.64. The zero-order chi connectivity index (χ0) is 29.4. The molecule has 43 heavy (non-hydrogen) atoms. The predicted molar refractivity (Wildman–Crippen MR) is 170 cm³/mol. The lowest BCUT2D eigenvalue weighted by atomic mass is 10.1. The lowest BCUT2D eigenvalue weighted by molar-refractivity contribution is -0.384. The van der Waals surface area contributed by atoms with Crippen molar-refractivity contribution in [1.82, 2.24) is 9.80 Å². The van der Waals surface area contributed by atoms with E-state index in [1.807, 2.05) is 18.5 Å². The lowest BCUT2D eigenvalue weighted by Gasteiger charge is -2.31. The highest BCUT2D eigenvalue weighted by atomic mass is 16.6. The monoisotopic (exact) mass is 579 g/mol. The maximum absolute atomic E-state index is 11.1. The Morgan fingerprint density at radius 2 is 1.12 bits per heavy atom. The highest BCUT2D eigenvalue weighted by molar-refractivity contribution is 5.86. The van der Waals surface area contributed by atoms with Crippen LogP contribution in [0.3, 0.4) is 0 Å². The van der Waals surface area contributed by atoms with Gasteiger partial charge in [0, 0.05) is 49.7 Å². The second kappa shape index (κ2) is 13.8. The third-order valence-electron chi connectivity index (χ3n) is 8.28. The van der Waals surface area contributed by atoms with Crippen LogP contribution in [0.15, 0.2) is 98.5 Å². The molecule has 0 saturated carbocycles. The molecule has 0 N–H and O–H groups in total. The van der Waals surface area contributed by atoms with Gasteiger partial charge >= 0.3 is 0 Å². The van der Waals surface area contributed by atoms with Gasteiger partial charge in [-0.2, -0.15) is 10.2 Å². The normalized spacial score (nSPS) is 21.9. The van der Waals surface area contributed by atoms with Gasteiger partial charge in [-0.25, -0.2) is 0 Å². The Labute approximate surface area is 252 Å². The quantitative estimate of drug-likeness (QED) is 0.220. The van der Waals surface area contributed by atoms with Gasteiger partial charge in [0.1, 0.15) is 0 Å². The lowest BCUT2D eigenvalue weighted by Crippen LogP contribution is -2.36. The average Bonchev–Trinajstić information content (AvgIpc) is 3.64. The van der Waals surface area contributed by atoms with Gasteiger partial charge in [0.2, 0.25) is 0 Å². The van der Waals surface area contributed by atoms with Crippen molar-refractivity contribution in [2.45, 2.75) is 25.7 Å². The van der Waals surface area contributed by atoms with Crippen LogP contribution in [0.5, 0.6) is 0 Å². The van der Waals surface area contributed by atoms with E-state index in [4.69, 9.17) is 9.47 Å². The summed E-state index contributed by atoms with van der Waals surface area (Å²) < 4.78 is 11.3. The van der Waals surface area contributed by atoms with E-state index >= 15 is 0 Å². The molecule has 2 aromatic carbocycles. The molecule has 0 amide bonds. The van der Waals surface area contributed by atoms with Gasteiger partial charge in [0.05, 0.1) is 43.8 Å². The second-order valence-electron chi connectivity index (χ2n) is 11.0. The van der Waals surface area contributed by atoms with E-state index in [0.717, 1.165) is 76.2 Å². The minimum Gasteiger partial charge on any atom is -0.378 e. The number of nitro benzene ring substituents is 1. The minimum absolute atomic E-state index is 0.0973. The number of ether oxygens (including phenoxy) is 2. The SMILES string of the molecule is O=[N+]([O-])c1ccc(C=C2CCC(C=NN=CC3=C(N4CCOCC4)C(=Cc4ccccc4)CC3)=C2N2CCOCC2)cc1. The number of nitrogens with zero attached hydrogens (tertiary/aromatic N) is 5. The summed E-state index contributed by atoms with van der Waals surface area (Å²) in [5, 5.41) is 20.2. The fraction of sp³-hybridized carbons (Fsp3) is 0.353. The van der Waals surface area contributed by atoms with E-state index in [2.05, 4.69) is 56.4 Å². The molecule has 0 atom stereocenters. The van der Waals surface area contributed by atoms with Crippen molar-refractivity contribution >= 4 is 30.3 Å². The maximum atomic E-state index is 11.1. The number of benzene rings is 2. The highest BCUT2D eigenvalue weighted by Crippen LogP contribution is 2.36. The molecule has 4 aliphatic rings. The molecule has 2 saturated heterocycles. The molecule has 2 heterocycles. The van der Waals surface area contributed by atoms with Crippen molar-refractivity contribution in [2.75, 3.05) is 52.6 Å². The molecule has 2 aliphatic heterocycles. The molecule has 0 aromatic heterocycles. The Hall–Kier alpha value is -4.34. The predicted octanol–water partition coefficient (Wildman–Crippen LogP) is 5.88. The molecule has 9 nitrogen and oxygen atoms in total. The summed E-state index contributed by atoms with van der Waals surface area (Å²) in [5.74, 6) is 0. The largest absolute Gasteiger partial charge is 0.378 e. The third-order valence-corrected chi connectivity index (χ3v) is 8.28. The van der Waals surface area contributed by atoms with Gasteiger partial charge in [-0.05, 0) is 83.4 Å². The molecule has 0 unspecified atom stereocenters. The first-order valence-corrected chi connectivity index (χ1v) is 15.1. The van der Waals surface area contributed by atoms with Crippen LogP contribution in [-0.4, -0.2) is 79.8 Å². The fourth-order valence-electron chi connectivity index (χ4n) is 6.19. The van der Waals surface area contributed by atoms with Gasteiger partial charge in [0.15, 0.2) is 0 Å². The van der Waals surface area contributed by atoms with Gasteiger partial charge in [-0.1, -0.05) is 30.3 Å². The number of hydrogen-bond acceptors (Lipinski definition) is 8. The van der Waals surface area contributed by atoms with Crippen LogP contribution in [0.2, 0.25) is 0 Å². The van der Waals surface area contributed by atoms with Crippen molar-refractivity contribution in [2.24, 2.45) is 10.2 Å². The van der Waals surface area contributed by atoms with Crippen LogP contribution in [0.25, 0.3) is 12.2 Å². The summed E-state index contributed by atoms with van der Waals surface area (Å²) in [6, 6.07) is 17.2. The Morgan fingerprint density at radius 1 is 0.651 bits per heavy atom. The van der Waals surface area contributed by atoms with Crippen molar-refractivity contribution in [3.05, 3.63) is 110 Å². The zero-order valence-corrected chi connectivity index (χ0v) is 24.4. The van der Waals surface area contributed by atoms with E-state index in [1.165, 1.54) is 33.7 Å². The van der Waals surface area contributed by atoms with Crippen LogP contribution in [0.4, 0.5) is 5.69 Å². The number of allylic oxidation sites excluding steroid dienone is 4. The molecule has 6 rings (SSSR count). The number of nitro groups is 1. The molecular weight excluding hydrogens is 542 g/mol. The molecular formula is C34H37N5O4. The zero-order valence-electron chi connectivity index (χ0n) is 24.4. The first-order chi connectivity index (χ1) is 21.2. The Bertz CT molecular complexity index is 1490. The topological polar surface area (TPSA) is 92.8 Å². The smallest absolute Gasteiger partial charge is 0.269 e. The summed E-state index contributed by atoms with van der Waals surface area (Å²) in [6.07, 6.45) is 11.9. The standard InChI is InChI=1S/C34H37N5O4/c40-39(41)32-12-6-27(7-13-32)23-29-9-11-31(34(29)38-16-20-43-21-17-38)25-36-35-24-30-10-8-28(22-26-4-2-1-3-5-26)33(30)37-14-18-42-19-15-37/h1-7,12-13,22-25H,8-11,14-21H2. The molecule has 0 bridgehead atoms. The number of rotatable bonds is 8. The summed E-state index contributed by atoms with van der Waals surface area (Å²) in [7, 11) is 0. The van der Waals surface area contributed by atoms with Gasteiger partial charge in [0.25, 0.3) is 5.69 Å². The van der Waals surface area contributed by atoms with E-state index < -0.39 is 0 Å².